The molecule has 0 amide bonds. The van der Waals surface area contributed by atoms with E-state index in [-0.39, 0.29) is 52.5 Å². The molecule has 2 aromatic carbocycles. The van der Waals surface area contributed by atoms with Crippen molar-refractivity contribution in [1.82, 2.24) is 9.97 Å². The zero-order valence-corrected chi connectivity index (χ0v) is 34.8. The molecule has 0 fully saturated rings. The number of para-hydroxylation sites is 2. The quantitative estimate of drug-likeness (QED) is 0.0626. The van der Waals surface area contributed by atoms with Gasteiger partial charge in [0.15, 0.2) is 5.43 Å². The summed E-state index contributed by atoms with van der Waals surface area (Å²) in [6.07, 6.45) is 11.6. The van der Waals surface area contributed by atoms with E-state index < -0.39 is 0 Å². The van der Waals surface area contributed by atoms with Crippen LogP contribution in [0.1, 0.15) is 77.7 Å². The van der Waals surface area contributed by atoms with Crippen molar-refractivity contribution in [2.75, 3.05) is 25.2 Å². The highest BCUT2D eigenvalue weighted by molar-refractivity contribution is 9.09. The number of ether oxygens (including phenoxy) is 3. The van der Waals surface area contributed by atoms with Crippen molar-refractivity contribution in [2.24, 2.45) is 0 Å². The van der Waals surface area contributed by atoms with Gasteiger partial charge in [-0.1, -0.05) is 67.9 Å². The Bertz CT molecular complexity index is 2160. The van der Waals surface area contributed by atoms with Crippen LogP contribution in [0.15, 0.2) is 121 Å². The van der Waals surface area contributed by atoms with Crippen molar-refractivity contribution in [3.63, 3.8) is 0 Å². The summed E-state index contributed by atoms with van der Waals surface area (Å²) >= 11 is 3.34. The van der Waals surface area contributed by atoms with E-state index in [1.165, 1.54) is 30.7 Å². The number of pyridine rings is 2. The van der Waals surface area contributed by atoms with Crippen molar-refractivity contribution in [2.45, 2.75) is 79.4 Å². The van der Waals surface area contributed by atoms with Gasteiger partial charge in [-0.05, 0) is 68.9 Å². The van der Waals surface area contributed by atoms with Gasteiger partial charge in [0.1, 0.15) is 43.0 Å². The average molecular weight is 852 g/mol. The number of aromatic nitrogens is 2. The Hall–Kier alpha value is -5.24. The van der Waals surface area contributed by atoms with Crippen molar-refractivity contribution < 1.29 is 33.3 Å². The molecule has 57 heavy (non-hydrogen) atoms. The number of unbranched alkanes of at least 4 members (excludes halogenated alkanes) is 4. The summed E-state index contributed by atoms with van der Waals surface area (Å²) in [7, 11) is 0. The normalized spacial score (nSPS) is 10.0. The fourth-order valence-electron chi connectivity index (χ4n) is 4.87. The number of H-pyrrole nitrogens is 1. The Balaban J connectivity index is 0.000000308. The molecule has 3 N–H and O–H groups in total. The number of hydrogen-bond donors (Lipinski definition) is 3. The summed E-state index contributed by atoms with van der Waals surface area (Å²) in [5.41, 5.74) is 1.34. The van der Waals surface area contributed by atoms with Crippen LogP contribution in [-0.2, 0) is 13.2 Å². The highest BCUT2D eigenvalue weighted by Gasteiger charge is 2.06. The molecule has 12 nitrogen and oxygen atoms in total. The Labute approximate surface area is 341 Å². The number of alkyl halides is 1. The number of aliphatic hydroxyl groups is 2. The van der Waals surface area contributed by atoms with Gasteiger partial charge in [-0.2, -0.15) is 0 Å². The number of aromatic amines is 1. The second-order valence-corrected chi connectivity index (χ2v) is 12.3. The van der Waals surface area contributed by atoms with E-state index in [4.69, 9.17) is 33.3 Å². The molecule has 0 unspecified atom stereocenters. The SMILES string of the molecule is CC.CC.O=c1cc(CO)occ1OCCCCCBr.O=c1cc(CO)occ1OCCCCCOc1ccnc2ccccc12.O=c1cc[nH]c2ccccc12. The molecule has 6 aromatic rings. The minimum atomic E-state index is -0.303. The number of halogens is 1. The van der Waals surface area contributed by atoms with Crippen LogP contribution in [0.3, 0.4) is 0 Å². The smallest absolute Gasteiger partial charge is 0.227 e. The molecule has 0 aliphatic heterocycles. The number of nitrogens with zero attached hydrogens (tertiary/aromatic N) is 1. The van der Waals surface area contributed by atoms with Gasteiger partial charge in [-0.3, -0.25) is 19.4 Å². The van der Waals surface area contributed by atoms with E-state index in [9.17, 15) is 14.4 Å². The van der Waals surface area contributed by atoms with Crippen LogP contribution >= 0.6 is 15.9 Å². The maximum Gasteiger partial charge on any atom is 0.227 e. The van der Waals surface area contributed by atoms with Crippen molar-refractivity contribution >= 4 is 37.7 Å². The molecule has 0 aliphatic carbocycles. The average Bonchev–Trinajstić information content (AvgIpc) is 3.26. The maximum absolute atomic E-state index is 11.7. The van der Waals surface area contributed by atoms with E-state index in [1.807, 2.05) is 82.3 Å². The second kappa shape index (κ2) is 29.1. The fourth-order valence-corrected chi connectivity index (χ4v) is 5.27. The van der Waals surface area contributed by atoms with Gasteiger partial charge in [0.05, 0.1) is 25.3 Å². The zero-order chi connectivity index (χ0) is 41.7. The van der Waals surface area contributed by atoms with Crippen molar-refractivity contribution in [3.05, 3.63) is 140 Å². The lowest BCUT2D eigenvalue weighted by Crippen LogP contribution is -2.09. The van der Waals surface area contributed by atoms with Crippen LogP contribution in [-0.4, -0.2) is 45.3 Å². The Kier molecular flexibility index (Phi) is 24.4. The van der Waals surface area contributed by atoms with Gasteiger partial charge >= 0.3 is 0 Å². The molecule has 0 saturated heterocycles. The predicted molar refractivity (Wildman–Crippen MR) is 229 cm³/mol. The lowest BCUT2D eigenvalue weighted by atomic mass is 10.2. The molecular formula is C44H55BrN2O10. The van der Waals surface area contributed by atoms with Crippen LogP contribution in [0, 0.1) is 0 Å². The molecule has 4 heterocycles. The number of rotatable bonds is 16. The summed E-state index contributed by atoms with van der Waals surface area (Å²) in [4.78, 5) is 41.6. The van der Waals surface area contributed by atoms with E-state index in [0.717, 1.165) is 71.4 Å². The van der Waals surface area contributed by atoms with E-state index in [2.05, 4.69) is 25.9 Å². The zero-order valence-electron chi connectivity index (χ0n) is 33.2. The first-order chi connectivity index (χ1) is 27.9. The first kappa shape index (κ1) is 47.9. The maximum atomic E-state index is 11.7. The van der Waals surface area contributed by atoms with Crippen LogP contribution < -0.4 is 30.5 Å². The summed E-state index contributed by atoms with van der Waals surface area (Å²) in [6.45, 7) is 8.97. The largest absolute Gasteiger partial charge is 0.493 e. The number of fused-ring (bicyclic) bond motifs is 2. The topological polar surface area (TPSA) is 174 Å². The summed E-state index contributed by atoms with van der Waals surface area (Å²) in [5, 5.41) is 20.4. The third-order valence-electron chi connectivity index (χ3n) is 7.63. The molecular weight excluding hydrogens is 796 g/mol. The lowest BCUT2D eigenvalue weighted by Gasteiger charge is -2.09. The van der Waals surface area contributed by atoms with Crippen LogP contribution in [0.2, 0.25) is 0 Å². The van der Waals surface area contributed by atoms with E-state index >= 15 is 0 Å². The Morgan fingerprint density at radius 1 is 0.614 bits per heavy atom. The summed E-state index contributed by atoms with van der Waals surface area (Å²) in [5.74, 6) is 1.69. The van der Waals surface area contributed by atoms with Gasteiger partial charge in [0, 0.05) is 52.2 Å². The van der Waals surface area contributed by atoms with Gasteiger partial charge in [0.25, 0.3) is 0 Å². The van der Waals surface area contributed by atoms with Crippen molar-refractivity contribution in [3.8, 4) is 17.2 Å². The molecule has 6 rings (SSSR count). The Morgan fingerprint density at radius 2 is 1.12 bits per heavy atom. The standard InChI is InChI=1S/C20H21NO5.C11H15BrO4.C9H7NO.2C2H6/c22-13-15-12-18(23)20(14-26-15)25-11-5-1-4-10-24-19-8-9-21-17-7-3-2-6-16(17)19;12-4-2-1-3-5-15-11-8-16-9(7-13)6-10(11)14;11-9-5-6-10-8-4-2-1-3-7(8)9;2*1-2/h2-3,6-9,12,14,22H,1,4-5,10-11,13H2;6,8,13H,1-5,7H2;1-6H,(H,10,11);2*1-2H3. The highest BCUT2D eigenvalue weighted by atomic mass is 79.9. The number of benzene rings is 2. The minimum absolute atomic E-state index is 0.0688. The van der Waals surface area contributed by atoms with Crippen LogP contribution in [0.4, 0.5) is 0 Å². The molecule has 0 spiro atoms. The van der Waals surface area contributed by atoms with E-state index in [0.29, 0.717) is 19.8 Å². The first-order valence-electron chi connectivity index (χ1n) is 19.2. The Morgan fingerprint density at radius 3 is 1.65 bits per heavy atom. The number of aliphatic hydroxyl groups excluding tert-OH is 2. The van der Waals surface area contributed by atoms with Gasteiger partial charge < -0.3 is 38.2 Å². The fraction of sp³-hybridized carbons (Fsp3) is 0.364. The second-order valence-electron chi connectivity index (χ2n) is 11.5. The third-order valence-corrected chi connectivity index (χ3v) is 8.19. The molecule has 0 aliphatic rings. The van der Waals surface area contributed by atoms with Gasteiger partial charge in [-0.25, -0.2) is 0 Å². The van der Waals surface area contributed by atoms with Gasteiger partial charge in [0.2, 0.25) is 22.4 Å². The number of nitrogens with one attached hydrogen (secondary N) is 1. The molecule has 0 saturated carbocycles. The summed E-state index contributed by atoms with van der Waals surface area (Å²) < 4.78 is 26.6. The highest BCUT2D eigenvalue weighted by Crippen LogP contribution is 2.23. The molecule has 0 bridgehead atoms. The lowest BCUT2D eigenvalue weighted by molar-refractivity contribution is 0.235. The minimum Gasteiger partial charge on any atom is -0.493 e. The van der Waals surface area contributed by atoms with Crippen molar-refractivity contribution in [1.29, 1.82) is 0 Å². The monoisotopic (exact) mass is 850 g/mol. The van der Waals surface area contributed by atoms with E-state index in [1.54, 1.807) is 12.4 Å². The molecule has 308 valence electrons. The third kappa shape index (κ3) is 17.2. The molecule has 13 heteroatoms. The molecule has 0 atom stereocenters. The summed E-state index contributed by atoms with van der Waals surface area (Å²) in [6, 6.07) is 21.2. The van der Waals surface area contributed by atoms with Crippen LogP contribution in [0.25, 0.3) is 21.8 Å². The van der Waals surface area contributed by atoms with Crippen LogP contribution in [0.5, 0.6) is 17.2 Å². The molecule has 0 radical (unpaired) electrons. The molecule has 4 aromatic heterocycles. The van der Waals surface area contributed by atoms with Gasteiger partial charge in [-0.15, -0.1) is 0 Å². The first-order valence-corrected chi connectivity index (χ1v) is 20.3. The number of hydrogen-bond acceptors (Lipinski definition) is 11. The predicted octanol–water partition coefficient (Wildman–Crippen LogP) is 8.97.